The van der Waals surface area contributed by atoms with E-state index in [4.69, 9.17) is 0 Å². The third-order valence-corrected chi connectivity index (χ3v) is 5.11. The second-order valence-corrected chi connectivity index (χ2v) is 7.10. The molecule has 3 aromatic rings. The fraction of sp³-hybridized carbons (Fsp3) is 0.211. The standard InChI is InChI=1S/C19H18N4OS/c24-18(20-15-11-12-15)16(13-7-3-1-4-8-13)25-19-21-17(22-23-19)14-9-5-2-6-10-14/h1-10,15-16H,11-12H2,(H,20,24)(H,21,22,23)/t16-/m0/s1. The van der Waals surface area contributed by atoms with Gasteiger partial charge in [0.1, 0.15) is 5.25 Å². The Morgan fingerprint density at radius 2 is 1.76 bits per heavy atom. The van der Waals surface area contributed by atoms with Crippen LogP contribution in [0.1, 0.15) is 23.7 Å². The number of nitrogens with one attached hydrogen (secondary N) is 2. The van der Waals surface area contributed by atoms with Gasteiger partial charge >= 0.3 is 0 Å². The summed E-state index contributed by atoms with van der Waals surface area (Å²) in [7, 11) is 0. The molecule has 1 aliphatic carbocycles. The van der Waals surface area contributed by atoms with Crippen LogP contribution in [-0.2, 0) is 4.79 Å². The van der Waals surface area contributed by atoms with E-state index in [9.17, 15) is 4.79 Å². The van der Waals surface area contributed by atoms with Crippen molar-refractivity contribution >= 4 is 17.7 Å². The first-order chi connectivity index (χ1) is 12.3. The Balaban J connectivity index is 1.56. The smallest absolute Gasteiger partial charge is 0.238 e. The van der Waals surface area contributed by atoms with Crippen molar-refractivity contribution in [1.29, 1.82) is 0 Å². The number of carbonyl (C=O) groups is 1. The van der Waals surface area contributed by atoms with Crippen LogP contribution in [-0.4, -0.2) is 27.1 Å². The van der Waals surface area contributed by atoms with Crippen LogP contribution in [0, 0.1) is 0 Å². The maximum Gasteiger partial charge on any atom is 0.238 e. The molecule has 0 spiro atoms. The van der Waals surface area contributed by atoms with Crippen molar-refractivity contribution in [3.63, 3.8) is 0 Å². The number of nitrogens with zero attached hydrogens (tertiary/aromatic N) is 2. The van der Waals surface area contributed by atoms with Crippen LogP contribution in [0.5, 0.6) is 0 Å². The molecule has 5 nitrogen and oxygen atoms in total. The van der Waals surface area contributed by atoms with Gasteiger partial charge in [-0.2, -0.15) is 0 Å². The first-order valence-corrected chi connectivity index (χ1v) is 9.17. The number of rotatable bonds is 6. The van der Waals surface area contributed by atoms with E-state index in [1.54, 1.807) is 0 Å². The number of amides is 1. The number of hydrogen-bond acceptors (Lipinski definition) is 4. The number of hydrogen-bond donors (Lipinski definition) is 2. The zero-order valence-electron chi connectivity index (χ0n) is 13.6. The molecule has 6 heteroatoms. The van der Waals surface area contributed by atoms with E-state index in [2.05, 4.69) is 20.5 Å². The van der Waals surface area contributed by atoms with Crippen LogP contribution in [0.4, 0.5) is 0 Å². The molecule has 1 atom stereocenters. The topological polar surface area (TPSA) is 70.7 Å². The SMILES string of the molecule is O=C(NC1CC1)[C@@H](Sc1n[nH]c(-c2ccccc2)n1)c1ccccc1. The number of carbonyl (C=O) groups excluding carboxylic acids is 1. The minimum absolute atomic E-state index is 0.0183. The van der Waals surface area contributed by atoms with E-state index in [1.807, 2.05) is 60.7 Å². The van der Waals surface area contributed by atoms with Crippen LogP contribution in [0.25, 0.3) is 11.4 Å². The van der Waals surface area contributed by atoms with Gasteiger partial charge in [-0.05, 0) is 18.4 Å². The fourth-order valence-corrected chi connectivity index (χ4v) is 3.46. The maximum atomic E-state index is 12.7. The summed E-state index contributed by atoms with van der Waals surface area (Å²) in [5.74, 6) is 0.724. The van der Waals surface area contributed by atoms with Crippen LogP contribution in [0.2, 0.25) is 0 Å². The third kappa shape index (κ3) is 3.91. The van der Waals surface area contributed by atoms with Crippen LogP contribution in [0.15, 0.2) is 65.8 Å². The summed E-state index contributed by atoms with van der Waals surface area (Å²) >= 11 is 1.37. The Kier molecular flexibility index (Phi) is 4.52. The first kappa shape index (κ1) is 15.9. The van der Waals surface area contributed by atoms with Crippen molar-refractivity contribution in [3.05, 3.63) is 66.2 Å². The molecule has 126 valence electrons. The van der Waals surface area contributed by atoms with Gasteiger partial charge < -0.3 is 5.32 Å². The molecule has 1 aromatic heterocycles. The number of benzene rings is 2. The van der Waals surface area contributed by atoms with Crippen molar-refractivity contribution in [3.8, 4) is 11.4 Å². The quantitative estimate of drug-likeness (QED) is 0.667. The van der Waals surface area contributed by atoms with E-state index < -0.39 is 0 Å². The second-order valence-electron chi connectivity index (χ2n) is 6.02. The molecule has 2 N–H and O–H groups in total. The molecule has 1 amide bonds. The molecule has 4 rings (SSSR count). The van der Waals surface area contributed by atoms with Crippen LogP contribution in [0.3, 0.4) is 0 Å². The van der Waals surface area contributed by atoms with Gasteiger partial charge in [-0.25, -0.2) is 4.98 Å². The third-order valence-electron chi connectivity index (χ3n) is 4.00. The van der Waals surface area contributed by atoms with Gasteiger partial charge in [-0.1, -0.05) is 72.4 Å². The molecule has 0 aliphatic heterocycles. The molecule has 2 aromatic carbocycles. The fourth-order valence-electron chi connectivity index (χ4n) is 2.53. The summed E-state index contributed by atoms with van der Waals surface area (Å²) < 4.78 is 0. The second kappa shape index (κ2) is 7.11. The molecule has 0 unspecified atom stereocenters. The van der Waals surface area contributed by atoms with Gasteiger partial charge in [0.25, 0.3) is 0 Å². The molecule has 1 heterocycles. The summed E-state index contributed by atoms with van der Waals surface area (Å²) in [4.78, 5) is 17.2. The summed E-state index contributed by atoms with van der Waals surface area (Å²) in [6, 6.07) is 19.9. The molecular weight excluding hydrogens is 332 g/mol. The van der Waals surface area contributed by atoms with E-state index in [0.29, 0.717) is 17.0 Å². The Labute approximate surface area is 150 Å². The highest BCUT2D eigenvalue weighted by Crippen LogP contribution is 2.35. The Bertz CT molecular complexity index is 846. The highest BCUT2D eigenvalue weighted by atomic mass is 32.2. The number of thioether (sulfide) groups is 1. The van der Waals surface area contributed by atoms with Gasteiger partial charge in [-0.15, -0.1) is 5.10 Å². The van der Waals surface area contributed by atoms with Gasteiger partial charge in [-0.3, -0.25) is 9.89 Å². The lowest BCUT2D eigenvalue weighted by molar-refractivity contribution is -0.120. The van der Waals surface area contributed by atoms with Gasteiger partial charge in [0.2, 0.25) is 11.1 Å². The molecular formula is C19H18N4OS. The lowest BCUT2D eigenvalue weighted by Gasteiger charge is -2.15. The lowest BCUT2D eigenvalue weighted by Crippen LogP contribution is -2.29. The molecule has 0 radical (unpaired) electrons. The van der Waals surface area contributed by atoms with Crippen molar-refractivity contribution in [2.24, 2.45) is 0 Å². The number of aromatic nitrogens is 3. The van der Waals surface area contributed by atoms with Crippen molar-refractivity contribution < 1.29 is 4.79 Å². The highest BCUT2D eigenvalue weighted by Gasteiger charge is 2.30. The van der Waals surface area contributed by atoms with E-state index in [0.717, 1.165) is 24.0 Å². The van der Waals surface area contributed by atoms with Crippen molar-refractivity contribution in [2.45, 2.75) is 29.3 Å². The number of H-pyrrole nitrogens is 1. The summed E-state index contributed by atoms with van der Waals surface area (Å²) in [5.41, 5.74) is 1.93. The predicted octanol–water partition coefficient (Wildman–Crippen LogP) is 3.58. The van der Waals surface area contributed by atoms with Gasteiger partial charge in [0.05, 0.1) is 0 Å². The van der Waals surface area contributed by atoms with E-state index in [-0.39, 0.29) is 11.2 Å². The van der Waals surface area contributed by atoms with E-state index in [1.165, 1.54) is 11.8 Å². The lowest BCUT2D eigenvalue weighted by atomic mass is 10.1. The Morgan fingerprint density at radius 3 is 2.44 bits per heavy atom. The zero-order chi connectivity index (χ0) is 17.1. The Morgan fingerprint density at radius 1 is 1.08 bits per heavy atom. The Hall–Kier alpha value is -2.60. The molecule has 1 aliphatic rings. The largest absolute Gasteiger partial charge is 0.352 e. The minimum Gasteiger partial charge on any atom is -0.352 e. The van der Waals surface area contributed by atoms with Crippen LogP contribution < -0.4 is 5.32 Å². The van der Waals surface area contributed by atoms with Gasteiger partial charge in [0, 0.05) is 11.6 Å². The number of aromatic amines is 1. The minimum atomic E-state index is -0.360. The van der Waals surface area contributed by atoms with Crippen molar-refractivity contribution in [1.82, 2.24) is 20.5 Å². The average molecular weight is 350 g/mol. The van der Waals surface area contributed by atoms with Crippen molar-refractivity contribution in [2.75, 3.05) is 0 Å². The van der Waals surface area contributed by atoms with Crippen LogP contribution >= 0.6 is 11.8 Å². The summed E-state index contributed by atoms with van der Waals surface area (Å²) in [6.45, 7) is 0. The monoisotopic (exact) mass is 350 g/mol. The summed E-state index contributed by atoms with van der Waals surface area (Å²) in [6.07, 6.45) is 2.13. The summed E-state index contributed by atoms with van der Waals surface area (Å²) in [5, 5.41) is 10.5. The average Bonchev–Trinajstić information content (AvgIpc) is 3.35. The molecule has 1 saturated carbocycles. The van der Waals surface area contributed by atoms with Gasteiger partial charge in [0.15, 0.2) is 5.82 Å². The predicted molar refractivity (Wildman–Crippen MR) is 98.0 cm³/mol. The molecule has 25 heavy (non-hydrogen) atoms. The zero-order valence-corrected chi connectivity index (χ0v) is 14.4. The normalized spacial score (nSPS) is 14.9. The molecule has 1 fully saturated rings. The van der Waals surface area contributed by atoms with E-state index >= 15 is 0 Å². The molecule has 0 bridgehead atoms. The molecule has 0 saturated heterocycles. The highest BCUT2D eigenvalue weighted by molar-refractivity contribution is 8.00. The maximum absolute atomic E-state index is 12.7. The first-order valence-electron chi connectivity index (χ1n) is 8.29.